The lowest BCUT2D eigenvalue weighted by molar-refractivity contribution is -0.122. The summed E-state index contributed by atoms with van der Waals surface area (Å²) in [6, 6.07) is 5.14. The van der Waals surface area contributed by atoms with Gasteiger partial charge in [0.25, 0.3) is 5.91 Å². The molecule has 0 saturated heterocycles. The highest BCUT2D eigenvalue weighted by molar-refractivity contribution is 6.10. The fourth-order valence-electron chi connectivity index (χ4n) is 2.43. The van der Waals surface area contributed by atoms with E-state index in [9.17, 15) is 9.59 Å². The van der Waals surface area contributed by atoms with Crippen molar-refractivity contribution in [3.05, 3.63) is 24.0 Å². The molecule has 1 aliphatic rings. The average Bonchev–Trinajstić information content (AvgIpc) is 3.02. The van der Waals surface area contributed by atoms with E-state index in [2.05, 4.69) is 20.7 Å². The van der Waals surface area contributed by atoms with Crippen LogP contribution in [0.15, 0.2) is 18.2 Å². The van der Waals surface area contributed by atoms with Crippen LogP contribution in [0, 0.1) is 0 Å². The van der Waals surface area contributed by atoms with E-state index in [4.69, 9.17) is 4.74 Å². The summed E-state index contributed by atoms with van der Waals surface area (Å²) in [6.07, 6.45) is 0. The molecule has 1 aliphatic heterocycles. The number of aromatic nitrogens is 4. The molecule has 1 N–H and O–H groups in total. The Hall–Kier alpha value is -2.97. The first-order valence-corrected chi connectivity index (χ1v) is 7.84. The summed E-state index contributed by atoms with van der Waals surface area (Å²) in [6.45, 7) is 5.72. The van der Waals surface area contributed by atoms with Crippen LogP contribution in [-0.4, -0.2) is 45.7 Å². The Morgan fingerprint density at radius 1 is 1.36 bits per heavy atom. The standard InChI is InChI=1S/C16H20N6O3/c1-16(2,3)15-18-20-22(19-15)9-14(24)21-8-13(23)17-11-6-5-10(25-4)7-12(11)21/h5-7H,8-9H2,1-4H3,(H,17,23). The fourth-order valence-corrected chi connectivity index (χ4v) is 2.43. The monoisotopic (exact) mass is 344 g/mol. The van der Waals surface area contributed by atoms with Crippen molar-refractivity contribution < 1.29 is 14.3 Å². The molecule has 3 rings (SSSR count). The lowest BCUT2D eigenvalue weighted by atomic mass is 9.96. The van der Waals surface area contributed by atoms with Crippen molar-refractivity contribution in [3.63, 3.8) is 0 Å². The molecule has 2 amide bonds. The van der Waals surface area contributed by atoms with Gasteiger partial charge in [-0.1, -0.05) is 20.8 Å². The molecule has 0 saturated carbocycles. The van der Waals surface area contributed by atoms with Gasteiger partial charge in [-0.2, -0.15) is 4.80 Å². The summed E-state index contributed by atoms with van der Waals surface area (Å²) in [7, 11) is 1.54. The number of carbonyl (C=O) groups excluding carboxylic acids is 2. The number of carbonyl (C=O) groups is 2. The third kappa shape index (κ3) is 3.44. The number of nitrogens with zero attached hydrogens (tertiary/aromatic N) is 5. The number of tetrazole rings is 1. The zero-order valence-corrected chi connectivity index (χ0v) is 14.6. The number of anilines is 2. The van der Waals surface area contributed by atoms with E-state index in [-0.39, 0.29) is 30.3 Å². The van der Waals surface area contributed by atoms with Crippen molar-refractivity contribution in [2.75, 3.05) is 23.9 Å². The average molecular weight is 344 g/mol. The van der Waals surface area contributed by atoms with Gasteiger partial charge in [-0.05, 0) is 17.3 Å². The normalized spacial score (nSPS) is 14.1. The van der Waals surface area contributed by atoms with Crippen molar-refractivity contribution in [2.45, 2.75) is 32.7 Å². The molecule has 9 nitrogen and oxygen atoms in total. The van der Waals surface area contributed by atoms with Crippen LogP contribution in [0.4, 0.5) is 11.4 Å². The van der Waals surface area contributed by atoms with Crippen LogP contribution in [0.25, 0.3) is 0 Å². The summed E-state index contributed by atoms with van der Waals surface area (Å²) in [5.74, 6) is 0.593. The smallest absolute Gasteiger partial charge is 0.251 e. The lowest BCUT2D eigenvalue weighted by Gasteiger charge is -2.29. The Balaban J connectivity index is 1.85. The fraction of sp³-hybridized carbons (Fsp3) is 0.438. The Morgan fingerprint density at radius 3 is 2.76 bits per heavy atom. The molecular formula is C16H20N6O3. The summed E-state index contributed by atoms with van der Waals surface area (Å²) in [5.41, 5.74) is 0.888. The van der Waals surface area contributed by atoms with Gasteiger partial charge in [-0.15, -0.1) is 10.2 Å². The Morgan fingerprint density at radius 2 is 2.12 bits per heavy atom. The SMILES string of the molecule is COc1ccc2c(c1)N(C(=O)Cn1nnc(C(C)(C)C)n1)CC(=O)N2. The topological polar surface area (TPSA) is 102 Å². The number of fused-ring (bicyclic) bond motifs is 1. The van der Waals surface area contributed by atoms with Gasteiger partial charge in [0.15, 0.2) is 5.82 Å². The first-order valence-electron chi connectivity index (χ1n) is 7.84. The molecule has 0 bridgehead atoms. The number of benzene rings is 1. The van der Waals surface area contributed by atoms with Crippen molar-refractivity contribution in [2.24, 2.45) is 0 Å². The highest BCUT2D eigenvalue weighted by Crippen LogP contribution is 2.33. The first kappa shape index (κ1) is 16.9. The van der Waals surface area contributed by atoms with E-state index >= 15 is 0 Å². The quantitative estimate of drug-likeness (QED) is 0.890. The predicted molar refractivity (Wildman–Crippen MR) is 90.5 cm³/mol. The van der Waals surface area contributed by atoms with Crippen molar-refractivity contribution in [3.8, 4) is 5.75 Å². The van der Waals surface area contributed by atoms with Gasteiger partial charge in [0.2, 0.25) is 5.91 Å². The minimum absolute atomic E-state index is 0.0696. The van der Waals surface area contributed by atoms with Gasteiger partial charge in [0.05, 0.1) is 18.5 Å². The van der Waals surface area contributed by atoms with Crippen LogP contribution in [0.5, 0.6) is 5.75 Å². The summed E-state index contributed by atoms with van der Waals surface area (Å²) < 4.78 is 5.20. The van der Waals surface area contributed by atoms with Crippen LogP contribution in [-0.2, 0) is 21.5 Å². The van der Waals surface area contributed by atoms with Gasteiger partial charge < -0.3 is 10.1 Å². The molecule has 1 aromatic carbocycles. The highest BCUT2D eigenvalue weighted by atomic mass is 16.5. The molecule has 0 atom stereocenters. The number of ether oxygens (including phenoxy) is 1. The summed E-state index contributed by atoms with van der Waals surface area (Å²) in [4.78, 5) is 27.3. The molecule has 9 heteroatoms. The second-order valence-corrected chi connectivity index (χ2v) is 6.80. The molecule has 2 aromatic rings. The maximum atomic E-state index is 12.7. The second-order valence-electron chi connectivity index (χ2n) is 6.80. The minimum atomic E-state index is -0.304. The van der Waals surface area contributed by atoms with Crippen molar-refractivity contribution in [1.82, 2.24) is 20.2 Å². The molecule has 25 heavy (non-hydrogen) atoms. The Kier molecular flexibility index (Phi) is 4.15. The van der Waals surface area contributed by atoms with Crippen molar-refractivity contribution >= 4 is 23.2 Å². The lowest BCUT2D eigenvalue weighted by Crippen LogP contribution is -2.43. The molecule has 0 aliphatic carbocycles. The van der Waals surface area contributed by atoms with Crippen LogP contribution in [0.3, 0.4) is 0 Å². The minimum Gasteiger partial charge on any atom is -0.497 e. The van der Waals surface area contributed by atoms with Gasteiger partial charge in [-0.25, -0.2) is 0 Å². The predicted octanol–water partition coefficient (Wildman–Crippen LogP) is 0.964. The summed E-state index contributed by atoms with van der Waals surface area (Å²) >= 11 is 0. The second kappa shape index (κ2) is 6.15. The van der Waals surface area contributed by atoms with E-state index in [0.717, 1.165) is 0 Å². The zero-order valence-electron chi connectivity index (χ0n) is 14.6. The number of nitrogens with one attached hydrogen (secondary N) is 1. The van der Waals surface area contributed by atoms with Crippen LogP contribution >= 0.6 is 0 Å². The van der Waals surface area contributed by atoms with Gasteiger partial charge in [-0.3, -0.25) is 14.5 Å². The van der Waals surface area contributed by atoms with Gasteiger partial charge in [0, 0.05) is 11.5 Å². The number of amides is 2. The number of hydrogen-bond donors (Lipinski definition) is 1. The first-order chi connectivity index (χ1) is 11.8. The van der Waals surface area contributed by atoms with Gasteiger partial charge in [0.1, 0.15) is 18.8 Å². The van der Waals surface area contributed by atoms with Crippen LogP contribution < -0.4 is 15.0 Å². The molecule has 1 aromatic heterocycles. The number of hydrogen-bond acceptors (Lipinski definition) is 6. The van der Waals surface area contributed by atoms with Crippen LogP contribution in [0.1, 0.15) is 26.6 Å². The number of rotatable bonds is 3. The molecule has 132 valence electrons. The summed E-state index contributed by atoms with van der Waals surface area (Å²) in [5, 5.41) is 14.9. The third-order valence-electron chi connectivity index (χ3n) is 3.77. The molecule has 0 radical (unpaired) electrons. The van der Waals surface area contributed by atoms with Crippen molar-refractivity contribution in [1.29, 1.82) is 0 Å². The number of methoxy groups -OCH3 is 1. The third-order valence-corrected chi connectivity index (χ3v) is 3.77. The van der Waals surface area contributed by atoms with E-state index in [1.165, 1.54) is 9.70 Å². The largest absolute Gasteiger partial charge is 0.497 e. The maximum Gasteiger partial charge on any atom is 0.251 e. The highest BCUT2D eigenvalue weighted by Gasteiger charge is 2.28. The molecule has 0 spiro atoms. The molecule has 0 unspecified atom stereocenters. The maximum absolute atomic E-state index is 12.7. The Labute approximate surface area is 144 Å². The molecule has 0 fully saturated rings. The molecular weight excluding hydrogens is 324 g/mol. The zero-order chi connectivity index (χ0) is 18.2. The van der Waals surface area contributed by atoms with E-state index in [0.29, 0.717) is 22.9 Å². The van der Waals surface area contributed by atoms with E-state index < -0.39 is 0 Å². The Bertz CT molecular complexity index is 824. The van der Waals surface area contributed by atoms with Gasteiger partial charge >= 0.3 is 0 Å². The molecule has 2 heterocycles. The van der Waals surface area contributed by atoms with Crippen LogP contribution in [0.2, 0.25) is 0 Å². The van der Waals surface area contributed by atoms with E-state index in [1.54, 1.807) is 25.3 Å². The van der Waals surface area contributed by atoms with E-state index in [1.807, 2.05) is 20.8 Å².